The molecule has 0 spiro atoms. The quantitative estimate of drug-likeness (QED) is 0.159. The number of cyclic esters (lactones) is 1. The van der Waals surface area contributed by atoms with Crippen LogP contribution in [0.3, 0.4) is 0 Å². The number of aliphatic hydroxyl groups is 6. The molecule has 0 unspecified atom stereocenters. The Kier molecular flexibility index (Phi) is 8.00. The van der Waals surface area contributed by atoms with Crippen molar-refractivity contribution in [3.05, 3.63) is 23.8 Å². The highest BCUT2D eigenvalue weighted by Crippen LogP contribution is 2.62. The summed E-state index contributed by atoms with van der Waals surface area (Å²) in [6.45, 7) is 7.89. The van der Waals surface area contributed by atoms with Gasteiger partial charge in [0.15, 0.2) is 6.29 Å². The Morgan fingerprint density at radius 1 is 1.11 bits per heavy atom. The minimum absolute atomic E-state index is 0.00740. The van der Waals surface area contributed by atoms with E-state index in [1.165, 1.54) is 0 Å². The number of fused-ring (bicyclic) bond motifs is 1. The van der Waals surface area contributed by atoms with Crippen LogP contribution in [0.2, 0.25) is 0 Å². The van der Waals surface area contributed by atoms with Crippen molar-refractivity contribution in [2.45, 2.75) is 88.9 Å². The Morgan fingerprint density at radius 2 is 1.83 bits per heavy atom. The van der Waals surface area contributed by atoms with Gasteiger partial charge in [-0.05, 0) is 49.4 Å². The van der Waals surface area contributed by atoms with Crippen LogP contribution in [0.1, 0.15) is 46.0 Å². The van der Waals surface area contributed by atoms with Crippen molar-refractivity contribution in [3.63, 3.8) is 0 Å². The lowest BCUT2D eigenvalue weighted by Crippen LogP contribution is -2.61. The number of rotatable bonds is 6. The van der Waals surface area contributed by atoms with Crippen LogP contribution in [0.4, 0.5) is 0 Å². The number of hydrogen-bond donors (Lipinski definition) is 6. The van der Waals surface area contributed by atoms with Gasteiger partial charge in [-0.25, -0.2) is 4.79 Å². The maximum Gasteiger partial charge on any atom is 0.336 e. The SMILES string of the molecule is C=C1CC[C@@H]2[C@](C)(CO[C@@H]3O[C@H](CO)[C@H](O)[C@H](O)[C@H]3O)[C@H](O)CC[C@@]2(C)[C@@H]1C/C=C1/C(=O)OC[C@H]1O. The van der Waals surface area contributed by atoms with E-state index in [1.54, 1.807) is 6.08 Å². The summed E-state index contributed by atoms with van der Waals surface area (Å²) in [5.41, 5.74) is 0.356. The van der Waals surface area contributed by atoms with Crippen LogP contribution in [0.5, 0.6) is 0 Å². The zero-order chi connectivity index (χ0) is 26.4. The minimum Gasteiger partial charge on any atom is -0.459 e. The largest absolute Gasteiger partial charge is 0.459 e. The molecule has 2 saturated heterocycles. The smallest absolute Gasteiger partial charge is 0.336 e. The molecule has 36 heavy (non-hydrogen) atoms. The Balaban J connectivity index is 1.54. The van der Waals surface area contributed by atoms with Crippen LogP contribution in [-0.2, 0) is 19.0 Å². The zero-order valence-corrected chi connectivity index (χ0v) is 21.0. The van der Waals surface area contributed by atoms with E-state index >= 15 is 0 Å². The van der Waals surface area contributed by atoms with Crippen molar-refractivity contribution in [2.75, 3.05) is 19.8 Å². The molecule has 2 aliphatic heterocycles. The summed E-state index contributed by atoms with van der Waals surface area (Å²) >= 11 is 0. The summed E-state index contributed by atoms with van der Waals surface area (Å²) in [5, 5.41) is 61.3. The number of ether oxygens (including phenoxy) is 3. The second kappa shape index (κ2) is 10.4. The predicted molar refractivity (Wildman–Crippen MR) is 126 cm³/mol. The summed E-state index contributed by atoms with van der Waals surface area (Å²) in [5.74, 6) is -0.473. The molecule has 2 saturated carbocycles. The molecular formula is C26H40O10. The number of hydrogen-bond acceptors (Lipinski definition) is 10. The van der Waals surface area contributed by atoms with E-state index < -0.39 is 60.9 Å². The molecule has 0 aromatic rings. The standard InChI is InChI=1S/C26H40O10/c1-13-4-7-18-25(2,15(13)6-5-14-16(28)11-34-23(14)33)9-8-19(29)26(18,3)12-35-24-22(32)21(31)20(30)17(10-27)36-24/h5,15-22,24,27-32H,1,4,6-12H2,2-3H3/b14-5+/t15-,16-,17-,18+,19-,20+,21+,22-,24-,25+,26+/m1/s1. The third kappa shape index (κ3) is 4.67. The highest BCUT2D eigenvalue weighted by Gasteiger charge is 2.58. The number of carbonyl (C=O) groups excluding carboxylic acids is 1. The number of allylic oxidation sites excluding steroid dienone is 2. The monoisotopic (exact) mass is 512 g/mol. The van der Waals surface area contributed by atoms with Gasteiger partial charge in [0, 0.05) is 5.41 Å². The number of esters is 1. The highest BCUT2D eigenvalue weighted by molar-refractivity contribution is 5.91. The molecule has 2 heterocycles. The maximum atomic E-state index is 12.0. The topological polar surface area (TPSA) is 166 Å². The van der Waals surface area contributed by atoms with Crippen molar-refractivity contribution in [3.8, 4) is 0 Å². The molecule has 0 amide bonds. The molecule has 10 heteroatoms. The summed E-state index contributed by atoms with van der Waals surface area (Å²) in [6.07, 6.45) is -3.42. The van der Waals surface area contributed by atoms with Gasteiger partial charge in [0.25, 0.3) is 0 Å². The zero-order valence-electron chi connectivity index (χ0n) is 21.0. The van der Waals surface area contributed by atoms with Crippen LogP contribution in [-0.4, -0.2) is 99.3 Å². The third-order valence-corrected chi connectivity index (χ3v) is 9.30. The summed E-state index contributed by atoms with van der Waals surface area (Å²) in [4.78, 5) is 12.0. The predicted octanol–water partition coefficient (Wildman–Crippen LogP) is -0.213. The van der Waals surface area contributed by atoms with Gasteiger partial charge < -0.3 is 44.8 Å². The van der Waals surface area contributed by atoms with E-state index in [0.29, 0.717) is 12.8 Å². The first kappa shape index (κ1) is 27.7. The summed E-state index contributed by atoms with van der Waals surface area (Å²) in [6, 6.07) is 0. The van der Waals surface area contributed by atoms with Crippen molar-refractivity contribution in [1.82, 2.24) is 0 Å². The maximum absolute atomic E-state index is 12.0. The molecule has 4 aliphatic rings. The lowest BCUT2D eigenvalue weighted by atomic mass is 9.46. The molecular weight excluding hydrogens is 472 g/mol. The van der Waals surface area contributed by atoms with Crippen LogP contribution in [0.15, 0.2) is 23.8 Å². The molecule has 2 aliphatic carbocycles. The van der Waals surface area contributed by atoms with E-state index in [9.17, 15) is 35.4 Å². The molecule has 6 N–H and O–H groups in total. The molecule has 4 fully saturated rings. The second-order valence-electron chi connectivity index (χ2n) is 11.4. The number of aliphatic hydroxyl groups excluding tert-OH is 6. The first-order valence-electron chi connectivity index (χ1n) is 12.8. The first-order valence-corrected chi connectivity index (χ1v) is 12.8. The van der Waals surface area contributed by atoms with Crippen LogP contribution < -0.4 is 0 Å². The Labute approximate surface area is 211 Å². The Hall–Kier alpha value is -1.37. The van der Waals surface area contributed by atoms with Crippen LogP contribution in [0, 0.1) is 22.7 Å². The van der Waals surface area contributed by atoms with Gasteiger partial charge in [-0.1, -0.05) is 32.1 Å². The third-order valence-electron chi connectivity index (χ3n) is 9.30. The van der Waals surface area contributed by atoms with E-state index in [4.69, 9.17) is 14.2 Å². The van der Waals surface area contributed by atoms with E-state index in [-0.39, 0.29) is 36.0 Å². The lowest BCUT2D eigenvalue weighted by Gasteiger charge is -2.60. The molecule has 0 radical (unpaired) electrons. The second-order valence-corrected chi connectivity index (χ2v) is 11.4. The minimum atomic E-state index is -1.54. The molecule has 204 valence electrons. The van der Waals surface area contributed by atoms with Gasteiger partial charge in [0.2, 0.25) is 0 Å². The van der Waals surface area contributed by atoms with Gasteiger partial charge in [-0.15, -0.1) is 0 Å². The molecule has 0 aromatic carbocycles. The molecule has 4 rings (SSSR count). The van der Waals surface area contributed by atoms with Crippen molar-refractivity contribution in [2.24, 2.45) is 22.7 Å². The fourth-order valence-electron chi connectivity index (χ4n) is 7.01. The van der Waals surface area contributed by atoms with Crippen LogP contribution >= 0.6 is 0 Å². The molecule has 0 aromatic heterocycles. The highest BCUT2D eigenvalue weighted by atomic mass is 16.7. The van der Waals surface area contributed by atoms with Gasteiger partial charge in [-0.2, -0.15) is 0 Å². The van der Waals surface area contributed by atoms with Crippen LogP contribution in [0.25, 0.3) is 0 Å². The van der Waals surface area contributed by atoms with E-state index in [0.717, 1.165) is 24.8 Å². The lowest BCUT2D eigenvalue weighted by molar-refractivity contribution is -0.313. The fraction of sp³-hybridized carbons (Fsp3) is 0.808. The number of carbonyl (C=O) groups is 1. The molecule has 0 bridgehead atoms. The summed E-state index contributed by atoms with van der Waals surface area (Å²) in [7, 11) is 0. The average molecular weight is 513 g/mol. The van der Waals surface area contributed by atoms with Gasteiger partial charge in [-0.3, -0.25) is 0 Å². The first-order chi connectivity index (χ1) is 16.9. The van der Waals surface area contributed by atoms with Crippen molar-refractivity contribution >= 4 is 5.97 Å². The fourth-order valence-corrected chi connectivity index (χ4v) is 7.01. The molecule has 11 atom stereocenters. The van der Waals surface area contributed by atoms with E-state index in [1.807, 2.05) is 6.92 Å². The Bertz CT molecular complexity index is 873. The summed E-state index contributed by atoms with van der Waals surface area (Å²) < 4.78 is 16.4. The van der Waals surface area contributed by atoms with E-state index in [2.05, 4.69) is 13.5 Å². The van der Waals surface area contributed by atoms with Gasteiger partial charge in [0.1, 0.15) is 37.1 Å². The van der Waals surface area contributed by atoms with Crippen molar-refractivity contribution < 1.29 is 49.6 Å². The molecule has 10 nitrogen and oxygen atoms in total. The van der Waals surface area contributed by atoms with Gasteiger partial charge >= 0.3 is 5.97 Å². The average Bonchev–Trinajstić information content (AvgIpc) is 3.16. The van der Waals surface area contributed by atoms with Gasteiger partial charge in [0.05, 0.1) is 24.9 Å². The van der Waals surface area contributed by atoms with Crippen molar-refractivity contribution in [1.29, 1.82) is 0 Å². The Morgan fingerprint density at radius 3 is 2.47 bits per heavy atom. The normalized spacial score (nSPS) is 48.7.